The van der Waals surface area contributed by atoms with E-state index < -0.39 is 23.6 Å². The number of methoxy groups -OCH3 is 2. The fraction of sp³-hybridized carbons (Fsp3) is 0.333. The van der Waals surface area contributed by atoms with Gasteiger partial charge >= 0.3 is 6.18 Å². The molecule has 0 bridgehead atoms. The maximum absolute atomic E-state index is 14.3. The smallest absolute Gasteiger partial charge is 0.416 e. The van der Waals surface area contributed by atoms with Crippen molar-refractivity contribution in [2.45, 2.75) is 18.5 Å². The molecule has 0 aliphatic carbocycles. The molecule has 1 saturated heterocycles. The van der Waals surface area contributed by atoms with Gasteiger partial charge < -0.3 is 24.0 Å². The molecule has 3 aromatic carbocycles. The van der Waals surface area contributed by atoms with E-state index in [4.69, 9.17) is 14.2 Å². The standard InChI is InChI=1S/C30H31F3N2O5/c1-38-25-13-12-24(20-26(25)39-2)35(15-14-21-8-10-23(11-9-21)30(31,32)33)29(37)27(22-6-4-3-5-7-22)28(36)34-16-18-40-19-17-34/h3-13,20,27H,14-19H2,1-2H3. The summed E-state index contributed by atoms with van der Waals surface area (Å²) in [6, 6.07) is 18.6. The first kappa shape index (κ1) is 28.9. The molecule has 1 atom stereocenters. The second-order valence-corrected chi connectivity index (χ2v) is 9.26. The summed E-state index contributed by atoms with van der Waals surface area (Å²) in [7, 11) is 2.97. The minimum absolute atomic E-state index is 0.111. The van der Waals surface area contributed by atoms with Crippen LogP contribution in [0.25, 0.3) is 0 Å². The Morgan fingerprint density at radius 3 is 2.17 bits per heavy atom. The van der Waals surface area contributed by atoms with Gasteiger partial charge in [0, 0.05) is 31.4 Å². The summed E-state index contributed by atoms with van der Waals surface area (Å²) in [4.78, 5) is 31.2. The maximum Gasteiger partial charge on any atom is 0.416 e. The number of nitrogens with zero attached hydrogens (tertiary/aromatic N) is 2. The third-order valence-corrected chi connectivity index (χ3v) is 6.80. The number of hydrogen-bond donors (Lipinski definition) is 0. The molecule has 7 nitrogen and oxygen atoms in total. The first-order valence-corrected chi connectivity index (χ1v) is 12.8. The molecule has 0 spiro atoms. The van der Waals surface area contributed by atoms with Gasteiger partial charge in [0.2, 0.25) is 11.8 Å². The van der Waals surface area contributed by atoms with Crippen LogP contribution in [-0.2, 0) is 26.9 Å². The highest BCUT2D eigenvalue weighted by molar-refractivity contribution is 6.12. The highest BCUT2D eigenvalue weighted by Gasteiger charge is 2.36. The first-order chi connectivity index (χ1) is 19.2. The average molecular weight is 557 g/mol. The third-order valence-electron chi connectivity index (χ3n) is 6.80. The second kappa shape index (κ2) is 12.9. The molecule has 1 aliphatic rings. The molecule has 1 aliphatic heterocycles. The molecule has 3 aromatic rings. The van der Waals surface area contributed by atoms with Gasteiger partial charge in [-0.3, -0.25) is 9.59 Å². The minimum Gasteiger partial charge on any atom is -0.493 e. The molecule has 4 rings (SSSR count). The SMILES string of the molecule is COc1ccc(N(CCc2ccc(C(F)(F)F)cc2)C(=O)C(C(=O)N2CCOCC2)c2ccccc2)cc1OC. The fourth-order valence-electron chi connectivity index (χ4n) is 4.62. The minimum atomic E-state index is -4.44. The molecule has 1 unspecified atom stereocenters. The van der Waals surface area contributed by atoms with Gasteiger partial charge in [0.05, 0.1) is 33.0 Å². The molecule has 1 fully saturated rings. The number of anilines is 1. The molecule has 2 amide bonds. The van der Waals surface area contributed by atoms with Crippen molar-refractivity contribution in [3.05, 3.63) is 89.5 Å². The monoisotopic (exact) mass is 556 g/mol. The lowest BCUT2D eigenvalue weighted by molar-refractivity contribution is -0.141. The van der Waals surface area contributed by atoms with Crippen LogP contribution in [0.2, 0.25) is 0 Å². The van der Waals surface area contributed by atoms with Gasteiger partial charge in [-0.1, -0.05) is 42.5 Å². The van der Waals surface area contributed by atoms with Gasteiger partial charge in [-0.05, 0) is 41.8 Å². The van der Waals surface area contributed by atoms with Gasteiger partial charge in [-0.15, -0.1) is 0 Å². The largest absolute Gasteiger partial charge is 0.493 e. The Morgan fingerprint density at radius 1 is 0.925 bits per heavy atom. The van der Waals surface area contributed by atoms with Gasteiger partial charge in [0.1, 0.15) is 5.92 Å². The quantitative estimate of drug-likeness (QED) is 0.350. The Hall–Kier alpha value is -4.05. The van der Waals surface area contributed by atoms with Crippen molar-refractivity contribution >= 4 is 17.5 Å². The lowest BCUT2D eigenvalue weighted by Gasteiger charge is -2.33. The highest BCUT2D eigenvalue weighted by Crippen LogP contribution is 2.34. The van der Waals surface area contributed by atoms with Crippen LogP contribution in [-0.4, -0.2) is 63.8 Å². The van der Waals surface area contributed by atoms with Crippen molar-refractivity contribution in [1.82, 2.24) is 4.90 Å². The summed E-state index contributed by atoms with van der Waals surface area (Å²) in [6.45, 7) is 1.62. The second-order valence-electron chi connectivity index (χ2n) is 9.26. The van der Waals surface area contributed by atoms with Crippen molar-refractivity contribution in [2.24, 2.45) is 0 Å². The van der Waals surface area contributed by atoms with E-state index in [-0.39, 0.29) is 18.9 Å². The highest BCUT2D eigenvalue weighted by atomic mass is 19.4. The van der Waals surface area contributed by atoms with E-state index in [9.17, 15) is 22.8 Å². The molecule has 1 heterocycles. The number of amides is 2. The summed E-state index contributed by atoms with van der Waals surface area (Å²) < 4.78 is 55.3. The number of rotatable bonds is 9. The van der Waals surface area contributed by atoms with E-state index in [0.717, 1.165) is 12.1 Å². The number of halogens is 3. The summed E-state index contributed by atoms with van der Waals surface area (Å²) in [6.07, 6.45) is -4.19. The molecule has 10 heteroatoms. The van der Waals surface area contributed by atoms with Crippen LogP contribution in [0.4, 0.5) is 18.9 Å². The predicted molar refractivity (Wildman–Crippen MR) is 144 cm³/mol. The van der Waals surface area contributed by atoms with Crippen molar-refractivity contribution in [3.8, 4) is 11.5 Å². The zero-order chi connectivity index (χ0) is 28.7. The van der Waals surface area contributed by atoms with Gasteiger partial charge in [-0.2, -0.15) is 13.2 Å². The van der Waals surface area contributed by atoms with Crippen molar-refractivity contribution in [3.63, 3.8) is 0 Å². The number of alkyl halides is 3. The number of morpholine rings is 1. The summed E-state index contributed by atoms with van der Waals surface area (Å²) in [5, 5.41) is 0. The van der Waals surface area contributed by atoms with Crippen molar-refractivity contribution < 1.29 is 37.0 Å². The predicted octanol–water partition coefficient (Wildman–Crippen LogP) is 4.94. The van der Waals surface area contributed by atoms with Gasteiger partial charge in [-0.25, -0.2) is 0 Å². The van der Waals surface area contributed by atoms with E-state index >= 15 is 0 Å². The van der Waals surface area contributed by atoms with Crippen LogP contribution in [0.5, 0.6) is 11.5 Å². The fourth-order valence-corrected chi connectivity index (χ4v) is 4.62. The molecule has 40 heavy (non-hydrogen) atoms. The Morgan fingerprint density at radius 2 is 1.57 bits per heavy atom. The Balaban J connectivity index is 1.71. The first-order valence-electron chi connectivity index (χ1n) is 12.8. The van der Waals surface area contributed by atoms with Crippen LogP contribution >= 0.6 is 0 Å². The number of benzene rings is 3. The third kappa shape index (κ3) is 6.74. The Kier molecular flexibility index (Phi) is 9.31. The topological polar surface area (TPSA) is 68.3 Å². The van der Waals surface area contributed by atoms with Crippen LogP contribution in [0.1, 0.15) is 22.6 Å². The van der Waals surface area contributed by atoms with E-state index in [2.05, 4.69) is 0 Å². The summed E-state index contributed by atoms with van der Waals surface area (Å²) >= 11 is 0. The lowest BCUT2D eigenvalue weighted by atomic mass is 9.95. The van der Waals surface area contributed by atoms with Crippen molar-refractivity contribution in [1.29, 1.82) is 0 Å². The number of hydrogen-bond acceptors (Lipinski definition) is 5. The molecule has 0 aromatic heterocycles. The normalized spacial score (nSPS) is 14.4. The molecular formula is C30H31F3N2O5. The lowest BCUT2D eigenvalue weighted by Crippen LogP contribution is -2.48. The zero-order valence-corrected chi connectivity index (χ0v) is 22.3. The van der Waals surface area contributed by atoms with E-state index in [1.54, 1.807) is 53.4 Å². The number of ether oxygens (including phenoxy) is 3. The number of carbonyl (C=O) groups is 2. The average Bonchev–Trinajstić information content (AvgIpc) is 2.98. The molecule has 0 radical (unpaired) electrons. The van der Waals surface area contributed by atoms with E-state index in [1.807, 2.05) is 0 Å². The molecular weight excluding hydrogens is 525 g/mol. The van der Waals surface area contributed by atoms with Gasteiger partial charge in [0.15, 0.2) is 11.5 Å². The van der Waals surface area contributed by atoms with E-state index in [1.165, 1.54) is 31.3 Å². The maximum atomic E-state index is 14.3. The van der Waals surface area contributed by atoms with Crippen LogP contribution in [0.3, 0.4) is 0 Å². The summed E-state index contributed by atoms with van der Waals surface area (Å²) in [5.41, 5.74) is 0.876. The molecule has 0 saturated carbocycles. The van der Waals surface area contributed by atoms with Gasteiger partial charge in [0.25, 0.3) is 0 Å². The Bertz CT molecular complexity index is 1290. The summed E-state index contributed by atoms with van der Waals surface area (Å²) in [5.74, 6) is -1.06. The van der Waals surface area contributed by atoms with Crippen LogP contribution in [0.15, 0.2) is 72.8 Å². The van der Waals surface area contributed by atoms with Crippen molar-refractivity contribution in [2.75, 3.05) is 52.0 Å². The Labute approximate surface area is 231 Å². The van der Waals surface area contributed by atoms with Crippen LogP contribution in [0, 0.1) is 0 Å². The van der Waals surface area contributed by atoms with Crippen LogP contribution < -0.4 is 14.4 Å². The zero-order valence-electron chi connectivity index (χ0n) is 22.3. The van der Waals surface area contributed by atoms with E-state index in [0.29, 0.717) is 54.6 Å². The molecule has 0 N–H and O–H groups in total. The number of carbonyl (C=O) groups excluding carboxylic acids is 2. The molecule has 212 valence electrons.